The smallest absolute Gasteiger partial charge is 0.323 e. The number of methoxy groups -OCH3 is 2. The number of ether oxygens (including phenoxy) is 2. The molecule has 3 atom stereocenters. The molecule has 0 saturated heterocycles. The van der Waals surface area contributed by atoms with Crippen LogP contribution in [0.1, 0.15) is 38.8 Å². The lowest BCUT2D eigenvalue weighted by Crippen LogP contribution is -2.43. The largest absolute Gasteiger partial charge is 0.496 e. The van der Waals surface area contributed by atoms with Crippen molar-refractivity contribution in [2.24, 2.45) is 5.92 Å². The molecule has 0 bridgehead atoms. The maximum atomic E-state index is 11.9. The van der Waals surface area contributed by atoms with Crippen molar-refractivity contribution in [3.63, 3.8) is 0 Å². The number of rotatable bonds is 7. The van der Waals surface area contributed by atoms with Gasteiger partial charge in [0, 0.05) is 11.6 Å². The third-order valence-electron chi connectivity index (χ3n) is 3.70. The van der Waals surface area contributed by atoms with Gasteiger partial charge in [0.1, 0.15) is 11.8 Å². The number of benzene rings is 1. The zero-order chi connectivity index (χ0) is 15.1. The van der Waals surface area contributed by atoms with Gasteiger partial charge in [0.2, 0.25) is 0 Å². The Balaban J connectivity index is 2.90. The first kappa shape index (κ1) is 16.5. The van der Waals surface area contributed by atoms with Crippen LogP contribution in [0.25, 0.3) is 0 Å². The Labute approximate surface area is 121 Å². The molecule has 1 rings (SSSR count). The second-order valence-corrected chi connectivity index (χ2v) is 5.02. The van der Waals surface area contributed by atoms with Crippen LogP contribution < -0.4 is 10.1 Å². The van der Waals surface area contributed by atoms with Crippen LogP contribution in [0.3, 0.4) is 0 Å². The summed E-state index contributed by atoms with van der Waals surface area (Å²) in [6, 6.07) is 7.51. The first-order chi connectivity index (χ1) is 9.54. The molecule has 0 amide bonds. The monoisotopic (exact) mass is 279 g/mol. The molecule has 0 spiro atoms. The molecule has 0 aliphatic heterocycles. The highest BCUT2D eigenvalue weighted by Crippen LogP contribution is 2.25. The van der Waals surface area contributed by atoms with Crippen LogP contribution in [0.4, 0.5) is 0 Å². The Bertz CT molecular complexity index is 433. The van der Waals surface area contributed by atoms with E-state index in [0.717, 1.165) is 17.7 Å². The van der Waals surface area contributed by atoms with Crippen LogP contribution in [-0.4, -0.2) is 26.2 Å². The highest BCUT2D eigenvalue weighted by molar-refractivity contribution is 5.76. The third kappa shape index (κ3) is 3.97. The molecule has 112 valence electrons. The molecular weight excluding hydrogens is 254 g/mol. The van der Waals surface area contributed by atoms with Crippen LogP contribution >= 0.6 is 0 Å². The molecule has 3 unspecified atom stereocenters. The highest BCUT2D eigenvalue weighted by Gasteiger charge is 2.27. The zero-order valence-electron chi connectivity index (χ0n) is 13.0. The van der Waals surface area contributed by atoms with Gasteiger partial charge in [0.05, 0.1) is 14.2 Å². The Morgan fingerprint density at radius 1 is 1.25 bits per heavy atom. The number of esters is 1. The minimum Gasteiger partial charge on any atom is -0.496 e. The van der Waals surface area contributed by atoms with Crippen molar-refractivity contribution < 1.29 is 14.3 Å². The minimum atomic E-state index is -0.315. The van der Waals surface area contributed by atoms with E-state index in [-0.39, 0.29) is 24.0 Å². The number of carbonyl (C=O) groups excluding carboxylic acids is 1. The van der Waals surface area contributed by atoms with E-state index in [0.29, 0.717) is 0 Å². The van der Waals surface area contributed by atoms with Crippen molar-refractivity contribution in [1.29, 1.82) is 0 Å². The summed E-state index contributed by atoms with van der Waals surface area (Å²) in [6.07, 6.45) is 0.908. The summed E-state index contributed by atoms with van der Waals surface area (Å²) in [5.74, 6) is 0.806. The SMILES string of the molecule is CCC(C)C(NC(C)c1ccccc1OC)C(=O)OC. The molecule has 4 nitrogen and oxygen atoms in total. The first-order valence-corrected chi connectivity index (χ1v) is 7.01. The maximum absolute atomic E-state index is 11.9. The lowest BCUT2D eigenvalue weighted by molar-refractivity contribution is -0.144. The van der Waals surface area contributed by atoms with Crippen molar-refractivity contribution in [2.45, 2.75) is 39.3 Å². The van der Waals surface area contributed by atoms with Gasteiger partial charge in [0.25, 0.3) is 0 Å². The van der Waals surface area contributed by atoms with Gasteiger partial charge in [0.15, 0.2) is 0 Å². The van der Waals surface area contributed by atoms with Gasteiger partial charge in [-0.2, -0.15) is 0 Å². The van der Waals surface area contributed by atoms with E-state index >= 15 is 0 Å². The van der Waals surface area contributed by atoms with E-state index in [9.17, 15) is 4.79 Å². The van der Waals surface area contributed by atoms with Crippen molar-refractivity contribution in [1.82, 2.24) is 5.32 Å². The van der Waals surface area contributed by atoms with Gasteiger partial charge in [-0.3, -0.25) is 10.1 Å². The highest BCUT2D eigenvalue weighted by atomic mass is 16.5. The van der Waals surface area contributed by atoms with Crippen molar-refractivity contribution >= 4 is 5.97 Å². The number of hydrogen-bond acceptors (Lipinski definition) is 4. The minimum absolute atomic E-state index is 0.00394. The second-order valence-electron chi connectivity index (χ2n) is 5.02. The van der Waals surface area contributed by atoms with Crippen LogP contribution in [-0.2, 0) is 9.53 Å². The molecule has 1 aromatic rings. The van der Waals surface area contributed by atoms with Crippen molar-refractivity contribution in [3.8, 4) is 5.75 Å². The molecule has 0 fully saturated rings. The quantitative estimate of drug-likeness (QED) is 0.780. The van der Waals surface area contributed by atoms with E-state index in [4.69, 9.17) is 9.47 Å². The topological polar surface area (TPSA) is 47.6 Å². The second kappa shape index (κ2) is 7.90. The number of para-hydroxylation sites is 1. The fraction of sp³-hybridized carbons (Fsp3) is 0.562. The van der Waals surface area contributed by atoms with Gasteiger partial charge in [-0.25, -0.2) is 0 Å². The molecule has 20 heavy (non-hydrogen) atoms. The van der Waals surface area contributed by atoms with Gasteiger partial charge >= 0.3 is 5.97 Å². The fourth-order valence-corrected chi connectivity index (χ4v) is 2.21. The molecule has 0 aromatic heterocycles. The van der Waals surface area contributed by atoms with E-state index in [1.54, 1.807) is 7.11 Å². The third-order valence-corrected chi connectivity index (χ3v) is 3.70. The number of carbonyl (C=O) groups is 1. The summed E-state index contributed by atoms with van der Waals surface area (Å²) in [5.41, 5.74) is 1.03. The summed E-state index contributed by atoms with van der Waals surface area (Å²) < 4.78 is 10.3. The molecule has 1 aromatic carbocycles. The van der Waals surface area contributed by atoms with Gasteiger partial charge < -0.3 is 9.47 Å². The summed E-state index contributed by atoms with van der Waals surface area (Å²) in [6.45, 7) is 6.13. The predicted octanol–water partition coefficient (Wildman–Crippen LogP) is 2.93. The Kier molecular flexibility index (Phi) is 6.52. The summed E-state index contributed by atoms with van der Waals surface area (Å²) in [7, 11) is 3.07. The van der Waals surface area contributed by atoms with Crippen molar-refractivity contribution in [2.75, 3.05) is 14.2 Å². The molecule has 0 saturated carbocycles. The molecule has 1 N–H and O–H groups in total. The van der Waals surface area contributed by atoms with Crippen molar-refractivity contribution in [3.05, 3.63) is 29.8 Å². The molecule has 0 heterocycles. The lowest BCUT2D eigenvalue weighted by atomic mass is 9.97. The number of nitrogens with one attached hydrogen (secondary N) is 1. The standard InChI is InChI=1S/C16H25NO3/c1-6-11(2)15(16(18)20-5)17-12(3)13-9-7-8-10-14(13)19-4/h7-12,15,17H,6H2,1-5H3. The normalized spacial score (nSPS) is 15.2. The van der Waals surface area contributed by atoms with Crippen LogP contribution in [0, 0.1) is 5.92 Å². The Morgan fingerprint density at radius 3 is 2.45 bits per heavy atom. The van der Waals surface area contributed by atoms with E-state index in [2.05, 4.69) is 12.2 Å². The van der Waals surface area contributed by atoms with E-state index in [1.165, 1.54) is 7.11 Å². The average molecular weight is 279 g/mol. The fourth-order valence-electron chi connectivity index (χ4n) is 2.21. The zero-order valence-corrected chi connectivity index (χ0v) is 13.0. The van der Waals surface area contributed by atoms with Crippen LogP contribution in [0.2, 0.25) is 0 Å². The first-order valence-electron chi connectivity index (χ1n) is 7.01. The van der Waals surface area contributed by atoms with Crippen LogP contribution in [0.5, 0.6) is 5.75 Å². The Hall–Kier alpha value is -1.55. The molecule has 0 aliphatic carbocycles. The Morgan fingerprint density at radius 2 is 1.90 bits per heavy atom. The van der Waals surface area contributed by atoms with Crippen LogP contribution in [0.15, 0.2) is 24.3 Å². The molecule has 0 radical (unpaired) electrons. The van der Waals surface area contributed by atoms with E-state index in [1.807, 2.05) is 38.1 Å². The van der Waals surface area contributed by atoms with Gasteiger partial charge in [-0.15, -0.1) is 0 Å². The summed E-state index contributed by atoms with van der Waals surface area (Å²) >= 11 is 0. The molecule has 4 heteroatoms. The predicted molar refractivity (Wildman–Crippen MR) is 79.8 cm³/mol. The average Bonchev–Trinajstić information content (AvgIpc) is 2.50. The maximum Gasteiger partial charge on any atom is 0.323 e. The van der Waals surface area contributed by atoms with E-state index < -0.39 is 0 Å². The molecular formula is C16H25NO3. The van der Waals surface area contributed by atoms with Gasteiger partial charge in [-0.05, 0) is 18.9 Å². The summed E-state index contributed by atoms with van der Waals surface area (Å²) in [4.78, 5) is 11.9. The number of hydrogen-bond donors (Lipinski definition) is 1. The lowest BCUT2D eigenvalue weighted by Gasteiger charge is -2.26. The molecule has 0 aliphatic rings. The summed E-state index contributed by atoms with van der Waals surface area (Å²) in [5, 5.41) is 3.35. The van der Waals surface area contributed by atoms with Gasteiger partial charge in [-0.1, -0.05) is 38.5 Å².